The van der Waals surface area contributed by atoms with Crippen molar-refractivity contribution in [1.82, 2.24) is 0 Å². The van der Waals surface area contributed by atoms with Crippen LogP contribution in [0.1, 0.15) is 6.42 Å². The second-order valence-corrected chi connectivity index (χ2v) is 5.84. The van der Waals surface area contributed by atoms with Crippen LogP contribution in [0.25, 0.3) is 0 Å². The Hall–Kier alpha value is -0.0600. The Bertz CT molecular complexity index is 378. The number of hydrogen-bond donors (Lipinski definition) is 0. The smallest absolute Gasteiger partial charge is 0.207 e. The third kappa shape index (κ3) is 2.21. The molecule has 0 saturated carbocycles. The highest BCUT2D eigenvalue weighted by Crippen LogP contribution is 2.30. The lowest BCUT2D eigenvalue weighted by molar-refractivity contribution is 0.614. The average Bonchev–Trinajstić information content (AvgIpc) is 1.92. The highest BCUT2D eigenvalue weighted by molar-refractivity contribution is 9.12. The summed E-state index contributed by atoms with van der Waals surface area (Å²) in [6.45, 7) is 3.68. The van der Waals surface area contributed by atoms with Crippen molar-refractivity contribution in [3.8, 4) is 0 Å². The molecule has 0 spiro atoms. The van der Waals surface area contributed by atoms with Gasteiger partial charge in [0.15, 0.2) is 0 Å². The van der Waals surface area contributed by atoms with Crippen molar-refractivity contribution < 1.29 is 8.42 Å². The summed E-state index contributed by atoms with van der Waals surface area (Å²) in [5.74, 6) is 0. The van der Waals surface area contributed by atoms with E-state index in [4.69, 9.17) is 10.7 Å². The topological polar surface area (TPSA) is 34.1 Å². The summed E-state index contributed by atoms with van der Waals surface area (Å²) in [6, 6.07) is 0. The Balaban J connectivity index is 3.08. The first-order chi connectivity index (χ1) is 5.41. The van der Waals surface area contributed by atoms with Crippen LogP contribution >= 0.6 is 26.6 Å². The lowest BCUT2D eigenvalue weighted by Gasteiger charge is -2.10. The molecule has 66 valence electrons. The largest absolute Gasteiger partial charge is 0.257 e. The molecular formula is C7H6BrClO2S. The van der Waals surface area contributed by atoms with Gasteiger partial charge in [0.1, 0.15) is 0 Å². The van der Waals surface area contributed by atoms with Gasteiger partial charge in [-0.2, -0.15) is 0 Å². The van der Waals surface area contributed by atoms with Gasteiger partial charge >= 0.3 is 0 Å². The van der Waals surface area contributed by atoms with Crippen molar-refractivity contribution in [1.29, 1.82) is 0 Å². The van der Waals surface area contributed by atoms with Crippen molar-refractivity contribution >= 4 is 35.7 Å². The molecule has 0 radical (unpaired) electrons. The predicted octanol–water partition coefficient (Wildman–Crippen LogP) is 2.68. The molecule has 1 aliphatic carbocycles. The summed E-state index contributed by atoms with van der Waals surface area (Å²) in [6.07, 6.45) is 3.38. The molecule has 0 heterocycles. The summed E-state index contributed by atoms with van der Waals surface area (Å²) >= 11 is 3.23. The molecule has 0 fully saturated rings. The summed E-state index contributed by atoms with van der Waals surface area (Å²) in [5, 5.41) is 0. The van der Waals surface area contributed by atoms with Gasteiger partial charge in [0.25, 0.3) is 9.05 Å². The van der Waals surface area contributed by atoms with Gasteiger partial charge in [-0.3, -0.25) is 0 Å². The van der Waals surface area contributed by atoms with Crippen LogP contribution in [0.4, 0.5) is 0 Å². The summed E-state index contributed by atoms with van der Waals surface area (Å²) in [4.78, 5) is 0.192. The van der Waals surface area contributed by atoms with Gasteiger partial charge < -0.3 is 0 Å². The number of hydrogen-bond acceptors (Lipinski definition) is 2. The Morgan fingerprint density at radius 2 is 2.08 bits per heavy atom. The van der Waals surface area contributed by atoms with Crippen LogP contribution in [0.15, 0.2) is 33.7 Å². The quantitative estimate of drug-likeness (QED) is 0.686. The van der Waals surface area contributed by atoms with Crippen molar-refractivity contribution in [2.45, 2.75) is 6.42 Å². The van der Waals surface area contributed by atoms with Crippen LogP contribution < -0.4 is 0 Å². The first kappa shape index (κ1) is 10.0. The van der Waals surface area contributed by atoms with E-state index in [9.17, 15) is 8.42 Å². The van der Waals surface area contributed by atoms with Crippen molar-refractivity contribution in [3.05, 3.63) is 33.7 Å². The highest BCUT2D eigenvalue weighted by Gasteiger charge is 2.18. The maximum atomic E-state index is 10.8. The second-order valence-electron chi connectivity index (χ2n) is 2.37. The van der Waals surface area contributed by atoms with Crippen LogP contribution in [0.5, 0.6) is 0 Å². The van der Waals surface area contributed by atoms with Crippen LogP contribution in [-0.4, -0.2) is 8.42 Å². The zero-order chi connectivity index (χ0) is 9.35. The molecule has 0 bridgehead atoms. The van der Waals surface area contributed by atoms with Gasteiger partial charge in [-0.05, 0) is 17.7 Å². The predicted molar refractivity (Wildman–Crippen MR) is 53.6 cm³/mol. The Morgan fingerprint density at radius 3 is 2.50 bits per heavy atom. The van der Waals surface area contributed by atoms with Gasteiger partial charge in [0.05, 0.1) is 4.91 Å². The van der Waals surface area contributed by atoms with Crippen molar-refractivity contribution in [3.63, 3.8) is 0 Å². The fraction of sp³-hybridized carbons (Fsp3) is 0.143. The fourth-order valence-electron chi connectivity index (χ4n) is 0.805. The maximum Gasteiger partial charge on any atom is 0.257 e. The molecule has 0 aromatic carbocycles. The lowest BCUT2D eigenvalue weighted by atomic mass is 10.1. The Labute approximate surface area is 84.2 Å². The zero-order valence-electron chi connectivity index (χ0n) is 6.05. The highest BCUT2D eigenvalue weighted by atomic mass is 79.9. The van der Waals surface area contributed by atoms with E-state index < -0.39 is 9.05 Å². The minimum Gasteiger partial charge on any atom is -0.207 e. The molecule has 0 atom stereocenters. The van der Waals surface area contributed by atoms with Gasteiger partial charge in [-0.1, -0.05) is 22.5 Å². The standard InChI is InChI=1S/C7H6BrClO2S/c1-5-4-6(12(9,10)11)2-3-7(5)8/h2-3H,1,4H2. The van der Waals surface area contributed by atoms with E-state index in [2.05, 4.69) is 22.5 Å². The van der Waals surface area contributed by atoms with Crippen LogP contribution in [0, 0.1) is 0 Å². The van der Waals surface area contributed by atoms with E-state index in [1.54, 1.807) is 6.08 Å². The van der Waals surface area contributed by atoms with E-state index in [0.29, 0.717) is 0 Å². The molecule has 1 rings (SSSR count). The molecule has 0 N–H and O–H groups in total. The molecule has 12 heavy (non-hydrogen) atoms. The average molecular weight is 270 g/mol. The van der Waals surface area contributed by atoms with Gasteiger partial charge in [-0.25, -0.2) is 8.42 Å². The number of halogens is 2. The van der Waals surface area contributed by atoms with Gasteiger partial charge in [-0.15, -0.1) is 0 Å². The molecule has 2 nitrogen and oxygen atoms in total. The minimum atomic E-state index is -3.58. The van der Waals surface area contributed by atoms with Crippen LogP contribution in [0.2, 0.25) is 0 Å². The number of rotatable bonds is 1. The fourth-order valence-corrected chi connectivity index (χ4v) is 1.97. The van der Waals surface area contributed by atoms with E-state index in [0.717, 1.165) is 10.1 Å². The monoisotopic (exact) mass is 268 g/mol. The molecule has 0 saturated heterocycles. The second kappa shape index (κ2) is 3.36. The molecule has 1 aliphatic rings. The summed E-state index contributed by atoms with van der Waals surface area (Å²) in [7, 11) is 1.57. The lowest BCUT2D eigenvalue weighted by Crippen LogP contribution is -2.00. The Kier molecular flexibility index (Phi) is 2.81. The van der Waals surface area contributed by atoms with Crippen molar-refractivity contribution in [2.75, 3.05) is 0 Å². The molecule has 0 amide bonds. The molecule has 0 aromatic heterocycles. The third-order valence-corrected chi connectivity index (χ3v) is 3.78. The number of allylic oxidation sites excluding steroid dienone is 5. The first-order valence-electron chi connectivity index (χ1n) is 3.10. The van der Waals surface area contributed by atoms with Crippen LogP contribution in [-0.2, 0) is 9.05 Å². The van der Waals surface area contributed by atoms with Crippen molar-refractivity contribution in [2.24, 2.45) is 0 Å². The minimum absolute atomic E-state index is 0.192. The molecule has 0 aliphatic heterocycles. The van der Waals surface area contributed by atoms with Gasteiger partial charge in [0, 0.05) is 21.6 Å². The molecule has 0 unspecified atom stereocenters. The zero-order valence-corrected chi connectivity index (χ0v) is 9.21. The normalized spacial score (nSPS) is 18.7. The van der Waals surface area contributed by atoms with Crippen LogP contribution in [0.3, 0.4) is 0 Å². The van der Waals surface area contributed by atoms with Gasteiger partial charge in [0.2, 0.25) is 0 Å². The van der Waals surface area contributed by atoms with E-state index in [1.165, 1.54) is 6.08 Å². The third-order valence-electron chi connectivity index (χ3n) is 1.45. The first-order valence-corrected chi connectivity index (χ1v) is 6.20. The van der Waals surface area contributed by atoms with E-state index >= 15 is 0 Å². The van der Waals surface area contributed by atoms with E-state index in [1.807, 2.05) is 0 Å². The maximum absolute atomic E-state index is 10.8. The molecule has 5 heteroatoms. The summed E-state index contributed by atoms with van der Waals surface area (Å²) in [5.41, 5.74) is 0.719. The molecule has 0 aromatic rings. The van der Waals surface area contributed by atoms with E-state index in [-0.39, 0.29) is 11.3 Å². The Morgan fingerprint density at radius 1 is 1.50 bits per heavy atom. The molecular weight excluding hydrogens is 263 g/mol. The SMILES string of the molecule is C=C1CC(S(=O)(=O)Cl)=CC=C1Br. The summed E-state index contributed by atoms with van der Waals surface area (Å²) < 4.78 is 22.5.